The summed E-state index contributed by atoms with van der Waals surface area (Å²) >= 11 is 0. The fourth-order valence-electron chi connectivity index (χ4n) is 2.77. The van der Waals surface area contributed by atoms with E-state index in [1.165, 1.54) is 11.1 Å². The largest absolute Gasteiger partial charge is 0.331 e. The van der Waals surface area contributed by atoms with E-state index in [9.17, 15) is 4.79 Å². The SMILES string of the molecule is O=C1CC=C2CC=CCC2N1Cc1ccccc1. The highest BCUT2D eigenvalue weighted by Crippen LogP contribution is 2.29. The second-order valence-corrected chi connectivity index (χ2v) is 4.92. The lowest BCUT2D eigenvalue weighted by molar-refractivity contribution is -0.133. The molecule has 0 saturated carbocycles. The number of allylic oxidation sites excluding steroid dienone is 1. The summed E-state index contributed by atoms with van der Waals surface area (Å²) in [5.74, 6) is 0.253. The highest BCUT2D eigenvalue weighted by atomic mass is 16.2. The molecule has 0 bridgehead atoms. The molecule has 0 radical (unpaired) electrons. The van der Waals surface area contributed by atoms with Gasteiger partial charge in [-0.15, -0.1) is 0 Å². The van der Waals surface area contributed by atoms with Crippen molar-refractivity contribution >= 4 is 5.91 Å². The molecule has 0 fully saturated rings. The quantitative estimate of drug-likeness (QED) is 0.726. The van der Waals surface area contributed by atoms with Crippen LogP contribution in [0.25, 0.3) is 0 Å². The van der Waals surface area contributed by atoms with Crippen molar-refractivity contribution in [3.63, 3.8) is 0 Å². The Labute approximate surface area is 108 Å². The molecule has 0 saturated heterocycles. The van der Waals surface area contributed by atoms with Crippen LogP contribution in [-0.2, 0) is 11.3 Å². The molecule has 0 aromatic heterocycles. The predicted octanol–water partition coefficient (Wildman–Crippen LogP) is 3.06. The normalized spacial score (nSPS) is 22.7. The summed E-state index contributed by atoms with van der Waals surface area (Å²) in [7, 11) is 0. The fourth-order valence-corrected chi connectivity index (χ4v) is 2.77. The summed E-state index contributed by atoms with van der Waals surface area (Å²) in [5.41, 5.74) is 2.62. The smallest absolute Gasteiger partial charge is 0.227 e. The molecule has 2 aliphatic rings. The van der Waals surface area contributed by atoms with E-state index in [1.807, 2.05) is 23.1 Å². The van der Waals surface area contributed by atoms with E-state index in [-0.39, 0.29) is 11.9 Å². The Balaban J connectivity index is 1.84. The Morgan fingerprint density at radius 2 is 1.94 bits per heavy atom. The lowest BCUT2D eigenvalue weighted by atomic mass is 9.89. The standard InChI is InChI=1S/C16H17NO/c18-16-11-10-14-8-4-5-9-15(14)17(16)12-13-6-2-1-3-7-13/h1-7,10,15H,8-9,11-12H2. The molecule has 0 N–H and O–H groups in total. The van der Waals surface area contributed by atoms with Gasteiger partial charge >= 0.3 is 0 Å². The summed E-state index contributed by atoms with van der Waals surface area (Å²) < 4.78 is 0. The molecule has 1 atom stereocenters. The Morgan fingerprint density at radius 1 is 1.11 bits per heavy atom. The van der Waals surface area contributed by atoms with Crippen molar-refractivity contribution in [2.24, 2.45) is 0 Å². The van der Waals surface area contributed by atoms with Gasteiger partial charge in [-0.25, -0.2) is 0 Å². The molecule has 3 rings (SSSR count). The van der Waals surface area contributed by atoms with Gasteiger partial charge in [0.05, 0.1) is 6.04 Å². The molecular formula is C16H17NO. The highest BCUT2D eigenvalue weighted by molar-refractivity contribution is 5.80. The molecule has 2 nitrogen and oxygen atoms in total. The zero-order chi connectivity index (χ0) is 12.4. The van der Waals surface area contributed by atoms with Gasteiger partial charge in [-0.3, -0.25) is 4.79 Å². The zero-order valence-electron chi connectivity index (χ0n) is 10.4. The molecule has 1 heterocycles. The molecule has 1 aliphatic heterocycles. The molecule has 1 aromatic carbocycles. The molecule has 1 aromatic rings. The number of carbonyl (C=O) groups excluding carboxylic acids is 1. The minimum absolute atomic E-state index is 0.253. The number of rotatable bonds is 2. The summed E-state index contributed by atoms with van der Waals surface area (Å²) in [4.78, 5) is 14.1. The van der Waals surface area contributed by atoms with Crippen LogP contribution in [0.3, 0.4) is 0 Å². The summed E-state index contributed by atoms with van der Waals surface area (Å²) in [6, 6.07) is 10.5. The van der Waals surface area contributed by atoms with Gasteiger partial charge in [0.15, 0.2) is 0 Å². The molecule has 1 unspecified atom stereocenters. The van der Waals surface area contributed by atoms with Crippen LogP contribution in [0, 0.1) is 0 Å². The van der Waals surface area contributed by atoms with E-state index in [0.29, 0.717) is 6.42 Å². The molecule has 1 aliphatic carbocycles. The number of benzene rings is 1. The maximum Gasteiger partial charge on any atom is 0.227 e. The maximum atomic E-state index is 12.1. The highest BCUT2D eigenvalue weighted by Gasteiger charge is 2.30. The summed E-state index contributed by atoms with van der Waals surface area (Å²) in [6.07, 6.45) is 9.05. The van der Waals surface area contributed by atoms with E-state index in [1.54, 1.807) is 0 Å². The molecule has 0 spiro atoms. The topological polar surface area (TPSA) is 20.3 Å². The number of carbonyl (C=O) groups is 1. The Kier molecular flexibility index (Phi) is 3.01. The molecular weight excluding hydrogens is 222 g/mol. The first-order valence-electron chi connectivity index (χ1n) is 6.52. The number of hydrogen-bond donors (Lipinski definition) is 0. The predicted molar refractivity (Wildman–Crippen MR) is 71.9 cm³/mol. The number of hydrogen-bond acceptors (Lipinski definition) is 1. The minimum atomic E-state index is 0.253. The van der Waals surface area contributed by atoms with Crippen molar-refractivity contribution in [3.8, 4) is 0 Å². The van der Waals surface area contributed by atoms with Gasteiger partial charge in [0.1, 0.15) is 0 Å². The van der Waals surface area contributed by atoms with Crippen molar-refractivity contribution < 1.29 is 4.79 Å². The lowest BCUT2D eigenvalue weighted by Gasteiger charge is -2.37. The van der Waals surface area contributed by atoms with Crippen molar-refractivity contribution in [3.05, 3.63) is 59.7 Å². The van der Waals surface area contributed by atoms with Gasteiger partial charge in [0.25, 0.3) is 0 Å². The lowest BCUT2D eigenvalue weighted by Crippen LogP contribution is -2.43. The Hall–Kier alpha value is -1.83. The van der Waals surface area contributed by atoms with Crippen molar-refractivity contribution in [2.45, 2.75) is 31.8 Å². The first kappa shape index (κ1) is 11.3. The van der Waals surface area contributed by atoms with E-state index < -0.39 is 0 Å². The van der Waals surface area contributed by atoms with E-state index in [2.05, 4.69) is 30.4 Å². The Morgan fingerprint density at radius 3 is 2.78 bits per heavy atom. The monoisotopic (exact) mass is 239 g/mol. The van der Waals surface area contributed by atoms with Crippen LogP contribution in [0.2, 0.25) is 0 Å². The molecule has 1 amide bonds. The Bertz CT molecular complexity index is 501. The van der Waals surface area contributed by atoms with Gasteiger partial charge < -0.3 is 4.90 Å². The van der Waals surface area contributed by atoms with Gasteiger partial charge in [0, 0.05) is 13.0 Å². The zero-order valence-corrected chi connectivity index (χ0v) is 10.4. The van der Waals surface area contributed by atoms with Crippen LogP contribution >= 0.6 is 0 Å². The van der Waals surface area contributed by atoms with Crippen LogP contribution < -0.4 is 0 Å². The molecule has 92 valence electrons. The van der Waals surface area contributed by atoms with Crippen molar-refractivity contribution in [1.82, 2.24) is 4.90 Å². The minimum Gasteiger partial charge on any atom is -0.331 e. The first-order valence-corrected chi connectivity index (χ1v) is 6.52. The third-order valence-electron chi connectivity index (χ3n) is 3.74. The van der Waals surface area contributed by atoms with Crippen LogP contribution in [0.15, 0.2) is 54.1 Å². The van der Waals surface area contributed by atoms with Crippen molar-refractivity contribution in [1.29, 1.82) is 0 Å². The van der Waals surface area contributed by atoms with Gasteiger partial charge in [-0.05, 0) is 24.0 Å². The number of fused-ring (bicyclic) bond motifs is 1. The molecule has 2 heteroatoms. The number of amides is 1. The maximum absolute atomic E-state index is 12.1. The van der Waals surface area contributed by atoms with Crippen LogP contribution in [0.4, 0.5) is 0 Å². The first-order chi connectivity index (χ1) is 8.84. The summed E-state index contributed by atoms with van der Waals surface area (Å²) in [6.45, 7) is 0.732. The van der Waals surface area contributed by atoms with Crippen LogP contribution in [0.1, 0.15) is 24.8 Å². The molecule has 18 heavy (non-hydrogen) atoms. The van der Waals surface area contributed by atoms with Gasteiger partial charge in [-0.2, -0.15) is 0 Å². The summed E-state index contributed by atoms with van der Waals surface area (Å²) in [5, 5.41) is 0. The van der Waals surface area contributed by atoms with Gasteiger partial charge in [-0.1, -0.05) is 48.6 Å². The third-order valence-corrected chi connectivity index (χ3v) is 3.74. The fraction of sp³-hybridized carbons (Fsp3) is 0.312. The number of nitrogens with zero attached hydrogens (tertiary/aromatic N) is 1. The van der Waals surface area contributed by atoms with Crippen molar-refractivity contribution in [2.75, 3.05) is 0 Å². The average Bonchev–Trinajstić information content (AvgIpc) is 2.43. The second-order valence-electron chi connectivity index (χ2n) is 4.92. The van der Waals surface area contributed by atoms with E-state index in [4.69, 9.17) is 0 Å². The van der Waals surface area contributed by atoms with Crippen LogP contribution in [-0.4, -0.2) is 16.8 Å². The average molecular weight is 239 g/mol. The van der Waals surface area contributed by atoms with E-state index in [0.717, 1.165) is 19.4 Å². The van der Waals surface area contributed by atoms with E-state index >= 15 is 0 Å². The van der Waals surface area contributed by atoms with Gasteiger partial charge in [0.2, 0.25) is 5.91 Å². The third kappa shape index (κ3) is 2.10. The second kappa shape index (κ2) is 4.81. The van der Waals surface area contributed by atoms with Crippen LogP contribution in [0.5, 0.6) is 0 Å².